The Morgan fingerprint density at radius 1 is 1.41 bits per heavy atom. The molecule has 1 fully saturated rings. The second kappa shape index (κ2) is 5.74. The highest BCUT2D eigenvalue weighted by Crippen LogP contribution is 2.47. The minimum Gasteiger partial charge on any atom is -0.468 e. The van der Waals surface area contributed by atoms with Crippen LogP contribution in [0.1, 0.15) is 12.8 Å². The molecule has 1 unspecified atom stereocenters. The van der Waals surface area contributed by atoms with Crippen molar-refractivity contribution in [2.24, 2.45) is 11.3 Å². The topological polar surface area (TPSA) is 52.6 Å². The average molecular weight is 281 g/mol. The molecule has 1 rings (SSSR count). The average Bonchev–Trinajstić information content (AvgIpc) is 2.76. The van der Waals surface area contributed by atoms with E-state index >= 15 is 0 Å². The van der Waals surface area contributed by atoms with Crippen LogP contribution in [0.5, 0.6) is 0 Å². The summed E-state index contributed by atoms with van der Waals surface area (Å²) in [6, 6.07) is 0. The van der Waals surface area contributed by atoms with Gasteiger partial charge in [-0.25, -0.2) is 0 Å². The molecule has 0 bridgehead atoms. The molecule has 1 aliphatic carbocycles. The molecule has 0 heterocycles. The van der Waals surface area contributed by atoms with Crippen LogP contribution in [0.3, 0.4) is 0 Å². The molecule has 1 saturated carbocycles. The van der Waals surface area contributed by atoms with Gasteiger partial charge >= 0.3 is 11.9 Å². The lowest BCUT2D eigenvalue weighted by Crippen LogP contribution is -2.39. The molecule has 0 spiro atoms. The summed E-state index contributed by atoms with van der Waals surface area (Å²) in [6.07, 6.45) is 0.474. The van der Waals surface area contributed by atoms with Crippen LogP contribution in [0.2, 0.25) is 0 Å². The van der Waals surface area contributed by atoms with Crippen molar-refractivity contribution in [1.29, 1.82) is 0 Å². The smallest absolute Gasteiger partial charge is 0.323 e. The van der Waals surface area contributed by atoms with Crippen LogP contribution in [0.15, 0.2) is 11.1 Å². The lowest BCUT2D eigenvalue weighted by atomic mass is 9.85. The number of hydrogen-bond acceptors (Lipinski definition) is 4. The van der Waals surface area contributed by atoms with Gasteiger partial charge in [0.25, 0.3) is 0 Å². The molecule has 17 heavy (non-hydrogen) atoms. The Morgan fingerprint density at radius 2 is 1.94 bits per heavy atom. The molecule has 0 amide bonds. The predicted molar refractivity (Wildman–Crippen MR) is 63.8 cm³/mol. The van der Waals surface area contributed by atoms with E-state index in [0.717, 1.165) is 5.57 Å². The zero-order chi connectivity index (χ0) is 13.1. The van der Waals surface area contributed by atoms with Gasteiger partial charge in [0, 0.05) is 11.4 Å². The number of rotatable bonds is 3. The summed E-state index contributed by atoms with van der Waals surface area (Å²) in [7, 11) is 2.48. The van der Waals surface area contributed by atoms with E-state index < -0.39 is 17.4 Å². The van der Waals surface area contributed by atoms with Gasteiger partial charge in [0.1, 0.15) is 0 Å². The van der Waals surface area contributed by atoms with Crippen LogP contribution in [-0.2, 0) is 19.1 Å². The first kappa shape index (κ1) is 14.3. The third-order valence-electron chi connectivity index (χ3n) is 3.10. The van der Waals surface area contributed by atoms with E-state index in [0.29, 0.717) is 5.88 Å². The fourth-order valence-electron chi connectivity index (χ4n) is 2.18. The fraction of sp³-hybridized carbons (Fsp3) is 0.636. The maximum Gasteiger partial charge on any atom is 0.323 e. The Labute approximate surface area is 110 Å². The van der Waals surface area contributed by atoms with E-state index in [1.165, 1.54) is 19.8 Å². The summed E-state index contributed by atoms with van der Waals surface area (Å²) in [6.45, 7) is 0. The summed E-state index contributed by atoms with van der Waals surface area (Å²) in [4.78, 5) is 23.6. The van der Waals surface area contributed by atoms with E-state index in [2.05, 4.69) is 0 Å². The lowest BCUT2D eigenvalue weighted by molar-refractivity contribution is -0.168. The van der Waals surface area contributed by atoms with Crippen molar-refractivity contribution in [3.8, 4) is 0 Å². The number of methoxy groups -OCH3 is 2. The first-order valence-corrected chi connectivity index (χ1v) is 6.04. The molecule has 1 aliphatic rings. The summed E-state index contributed by atoms with van der Waals surface area (Å²) >= 11 is 11.5. The van der Waals surface area contributed by atoms with Crippen molar-refractivity contribution >= 4 is 35.1 Å². The number of alkyl halides is 1. The van der Waals surface area contributed by atoms with Gasteiger partial charge in [-0.2, -0.15) is 0 Å². The van der Waals surface area contributed by atoms with E-state index in [1.807, 2.05) is 0 Å². The molecule has 0 aromatic carbocycles. The lowest BCUT2D eigenvalue weighted by Gasteiger charge is -2.22. The SMILES string of the molecule is COC(=O)C1(C(=O)OC)C/C(=C\Cl)C(CCl)C1. The highest BCUT2D eigenvalue weighted by atomic mass is 35.5. The van der Waals surface area contributed by atoms with Gasteiger partial charge in [0.2, 0.25) is 0 Å². The normalized spacial score (nSPS) is 24.7. The molecular weight excluding hydrogens is 267 g/mol. The van der Waals surface area contributed by atoms with Crippen molar-refractivity contribution in [2.75, 3.05) is 20.1 Å². The Hall–Kier alpha value is -0.740. The number of allylic oxidation sites excluding steroid dienone is 1. The van der Waals surface area contributed by atoms with E-state index in [1.54, 1.807) is 0 Å². The van der Waals surface area contributed by atoms with Crippen molar-refractivity contribution in [3.63, 3.8) is 0 Å². The van der Waals surface area contributed by atoms with E-state index in [4.69, 9.17) is 32.7 Å². The van der Waals surface area contributed by atoms with Gasteiger partial charge in [-0.15, -0.1) is 11.6 Å². The molecule has 0 radical (unpaired) electrons. The summed E-state index contributed by atoms with van der Waals surface area (Å²) < 4.78 is 9.39. The quantitative estimate of drug-likeness (QED) is 0.451. The molecule has 0 saturated heterocycles. The zero-order valence-corrected chi connectivity index (χ0v) is 11.2. The van der Waals surface area contributed by atoms with Crippen molar-refractivity contribution in [1.82, 2.24) is 0 Å². The summed E-state index contributed by atoms with van der Waals surface area (Å²) in [5, 5.41) is 0. The van der Waals surface area contributed by atoms with Gasteiger partial charge in [0.05, 0.1) is 14.2 Å². The predicted octanol–water partition coefficient (Wildman–Crippen LogP) is 2.09. The zero-order valence-electron chi connectivity index (χ0n) is 9.66. The Balaban J connectivity index is 3.12. The van der Waals surface area contributed by atoms with Crippen LogP contribution in [-0.4, -0.2) is 32.0 Å². The van der Waals surface area contributed by atoms with Crippen molar-refractivity contribution in [3.05, 3.63) is 11.1 Å². The van der Waals surface area contributed by atoms with Gasteiger partial charge < -0.3 is 9.47 Å². The standard InChI is InChI=1S/C11H14Cl2O4/c1-16-9(14)11(10(15)17-2)3-7(5-12)8(4-11)6-13/h5,8H,3-4,6H2,1-2H3/b7-5+. The highest BCUT2D eigenvalue weighted by molar-refractivity contribution is 6.26. The molecule has 96 valence electrons. The molecule has 0 aromatic rings. The first-order chi connectivity index (χ1) is 8.05. The van der Waals surface area contributed by atoms with Crippen LogP contribution in [0, 0.1) is 11.3 Å². The van der Waals surface area contributed by atoms with Gasteiger partial charge in [0.15, 0.2) is 5.41 Å². The number of carbonyl (C=O) groups is 2. The number of hydrogen-bond donors (Lipinski definition) is 0. The van der Waals surface area contributed by atoms with E-state index in [-0.39, 0.29) is 18.8 Å². The highest BCUT2D eigenvalue weighted by Gasteiger charge is 2.55. The number of halogens is 2. The minimum atomic E-state index is -1.30. The first-order valence-electron chi connectivity index (χ1n) is 5.07. The third kappa shape index (κ3) is 2.43. The third-order valence-corrected chi connectivity index (χ3v) is 3.76. The second-order valence-electron chi connectivity index (χ2n) is 3.98. The monoisotopic (exact) mass is 280 g/mol. The minimum absolute atomic E-state index is 0.104. The summed E-state index contributed by atoms with van der Waals surface area (Å²) in [5.74, 6) is -1.01. The van der Waals surface area contributed by atoms with Crippen molar-refractivity contribution < 1.29 is 19.1 Å². The van der Waals surface area contributed by atoms with Gasteiger partial charge in [-0.3, -0.25) is 9.59 Å². The molecule has 0 aliphatic heterocycles. The molecule has 0 N–H and O–H groups in total. The van der Waals surface area contributed by atoms with Gasteiger partial charge in [-0.1, -0.05) is 17.2 Å². The van der Waals surface area contributed by atoms with Crippen LogP contribution < -0.4 is 0 Å². The van der Waals surface area contributed by atoms with Crippen LogP contribution >= 0.6 is 23.2 Å². The van der Waals surface area contributed by atoms with E-state index in [9.17, 15) is 9.59 Å². The van der Waals surface area contributed by atoms with Gasteiger partial charge in [-0.05, 0) is 18.8 Å². The maximum atomic E-state index is 11.8. The number of carbonyl (C=O) groups excluding carboxylic acids is 2. The number of esters is 2. The molecule has 6 heteroatoms. The molecule has 4 nitrogen and oxygen atoms in total. The van der Waals surface area contributed by atoms with Crippen molar-refractivity contribution in [2.45, 2.75) is 12.8 Å². The summed E-state index contributed by atoms with van der Waals surface area (Å²) in [5.41, 5.74) is 0.849. The fourth-order valence-corrected chi connectivity index (χ4v) is 2.75. The Bertz CT molecular complexity index is 335. The largest absolute Gasteiger partial charge is 0.468 e. The molecule has 1 atom stereocenters. The Morgan fingerprint density at radius 3 is 2.24 bits per heavy atom. The molecule has 0 aromatic heterocycles. The molecular formula is C11H14Cl2O4. The van der Waals surface area contributed by atoms with Crippen LogP contribution in [0.4, 0.5) is 0 Å². The second-order valence-corrected chi connectivity index (χ2v) is 4.51. The maximum absolute atomic E-state index is 11.8. The van der Waals surface area contributed by atoms with Crippen LogP contribution in [0.25, 0.3) is 0 Å². The Kier molecular flexibility index (Phi) is 4.83. The number of ether oxygens (including phenoxy) is 2.